The molecule has 0 aliphatic rings. The van der Waals surface area contributed by atoms with E-state index < -0.39 is 0 Å². The van der Waals surface area contributed by atoms with Crippen molar-refractivity contribution >= 4 is 29.9 Å². The van der Waals surface area contributed by atoms with Crippen LogP contribution in [0.25, 0.3) is 0 Å². The lowest BCUT2D eigenvalue weighted by Crippen LogP contribution is -2.37. The Kier molecular flexibility index (Phi) is 10.6. The first-order chi connectivity index (χ1) is 13.5. The van der Waals surface area contributed by atoms with Crippen molar-refractivity contribution in [2.45, 2.75) is 19.9 Å². The van der Waals surface area contributed by atoms with Crippen molar-refractivity contribution in [2.75, 3.05) is 34.9 Å². The molecule has 0 saturated heterocycles. The minimum atomic E-state index is -0.199. The van der Waals surface area contributed by atoms with E-state index in [0.29, 0.717) is 48.3 Å². The van der Waals surface area contributed by atoms with Gasteiger partial charge in [-0.15, -0.1) is 24.0 Å². The van der Waals surface area contributed by atoms with E-state index in [2.05, 4.69) is 15.6 Å². The number of ether oxygens (including phenoxy) is 3. The second kappa shape index (κ2) is 12.4. The number of benzene rings is 2. The van der Waals surface area contributed by atoms with Gasteiger partial charge in [0.1, 0.15) is 5.82 Å². The molecule has 2 N–H and O–H groups in total. The second-order valence-electron chi connectivity index (χ2n) is 6.18. The van der Waals surface area contributed by atoms with Crippen molar-refractivity contribution in [3.8, 4) is 17.2 Å². The first-order valence-electron chi connectivity index (χ1n) is 9.01. The summed E-state index contributed by atoms with van der Waals surface area (Å²) >= 11 is 0. The molecule has 2 aromatic rings. The first kappa shape index (κ1) is 24.8. The fourth-order valence-corrected chi connectivity index (χ4v) is 2.90. The minimum absolute atomic E-state index is 0. The third-order valence-electron chi connectivity index (χ3n) is 4.38. The number of nitrogens with zero attached hydrogens (tertiary/aromatic N) is 1. The highest BCUT2D eigenvalue weighted by Crippen LogP contribution is 2.39. The Balaban J connectivity index is 0.00000420. The zero-order valence-corrected chi connectivity index (χ0v) is 19.8. The molecular weight excluding hydrogens is 488 g/mol. The van der Waals surface area contributed by atoms with Crippen molar-refractivity contribution < 1.29 is 18.6 Å². The molecule has 0 bridgehead atoms. The van der Waals surface area contributed by atoms with Crippen LogP contribution in [0.4, 0.5) is 4.39 Å². The van der Waals surface area contributed by atoms with Gasteiger partial charge in [-0.25, -0.2) is 4.39 Å². The summed E-state index contributed by atoms with van der Waals surface area (Å²) in [4.78, 5) is 4.22. The average Bonchev–Trinajstić information content (AvgIpc) is 2.72. The SMILES string of the molecule is CN=C(NCCc1ccc(OC)c(OC)c1OC)NCc1ccc(F)c(C)c1.I. The molecule has 8 heteroatoms. The van der Waals surface area contributed by atoms with E-state index in [-0.39, 0.29) is 29.8 Å². The Hall–Kier alpha value is -2.23. The molecule has 0 aromatic heterocycles. The second-order valence-corrected chi connectivity index (χ2v) is 6.18. The van der Waals surface area contributed by atoms with Crippen molar-refractivity contribution in [2.24, 2.45) is 4.99 Å². The molecule has 0 unspecified atom stereocenters. The average molecular weight is 517 g/mol. The number of rotatable bonds is 8. The van der Waals surface area contributed by atoms with Gasteiger partial charge in [-0.05, 0) is 36.6 Å². The van der Waals surface area contributed by atoms with Gasteiger partial charge in [-0.1, -0.05) is 18.2 Å². The lowest BCUT2D eigenvalue weighted by molar-refractivity contribution is 0.322. The molecule has 0 saturated carbocycles. The topological polar surface area (TPSA) is 64.1 Å². The Bertz CT molecular complexity index is 831. The van der Waals surface area contributed by atoms with Gasteiger partial charge in [0.25, 0.3) is 0 Å². The molecule has 29 heavy (non-hydrogen) atoms. The van der Waals surface area contributed by atoms with Crippen LogP contribution >= 0.6 is 24.0 Å². The van der Waals surface area contributed by atoms with Crippen molar-refractivity contribution in [1.29, 1.82) is 0 Å². The molecule has 0 aliphatic heterocycles. The molecule has 0 fully saturated rings. The van der Waals surface area contributed by atoms with Crippen molar-refractivity contribution in [3.63, 3.8) is 0 Å². The van der Waals surface area contributed by atoms with E-state index in [1.165, 1.54) is 6.07 Å². The van der Waals surface area contributed by atoms with E-state index in [1.54, 1.807) is 41.4 Å². The van der Waals surface area contributed by atoms with Gasteiger partial charge in [0, 0.05) is 25.7 Å². The Morgan fingerprint density at radius 3 is 2.31 bits per heavy atom. The Labute approximate surface area is 188 Å². The molecule has 6 nitrogen and oxygen atoms in total. The maximum atomic E-state index is 13.4. The van der Waals surface area contributed by atoms with Gasteiger partial charge in [0.05, 0.1) is 21.3 Å². The number of halogens is 2. The molecule has 2 aromatic carbocycles. The Morgan fingerprint density at radius 1 is 1.00 bits per heavy atom. The largest absolute Gasteiger partial charge is 0.493 e. The molecule has 0 radical (unpaired) electrons. The van der Waals surface area contributed by atoms with Gasteiger partial charge in [0.15, 0.2) is 17.5 Å². The summed E-state index contributed by atoms with van der Waals surface area (Å²) in [7, 11) is 6.50. The summed E-state index contributed by atoms with van der Waals surface area (Å²) in [6.07, 6.45) is 0.708. The van der Waals surface area contributed by atoms with Crippen LogP contribution in [0.2, 0.25) is 0 Å². The summed E-state index contributed by atoms with van der Waals surface area (Å²) in [5, 5.41) is 6.50. The monoisotopic (exact) mass is 517 g/mol. The number of hydrogen-bond donors (Lipinski definition) is 2. The van der Waals surface area contributed by atoms with Crippen LogP contribution in [0.15, 0.2) is 35.3 Å². The van der Waals surface area contributed by atoms with Crippen LogP contribution in [-0.4, -0.2) is 40.9 Å². The highest BCUT2D eigenvalue weighted by atomic mass is 127. The van der Waals surface area contributed by atoms with Crippen LogP contribution in [0.1, 0.15) is 16.7 Å². The fourth-order valence-electron chi connectivity index (χ4n) is 2.90. The molecule has 0 atom stereocenters. The smallest absolute Gasteiger partial charge is 0.203 e. The number of hydrogen-bond acceptors (Lipinski definition) is 4. The molecule has 2 rings (SSSR count). The predicted molar refractivity (Wildman–Crippen MR) is 125 cm³/mol. The minimum Gasteiger partial charge on any atom is -0.493 e. The third kappa shape index (κ3) is 6.66. The van der Waals surface area contributed by atoms with E-state index >= 15 is 0 Å². The van der Waals surface area contributed by atoms with Crippen LogP contribution in [-0.2, 0) is 13.0 Å². The van der Waals surface area contributed by atoms with Crippen LogP contribution in [0.3, 0.4) is 0 Å². The standard InChI is InChI=1S/C21H28FN3O3.HI/c1-14-12-15(6-8-17(14)22)13-25-21(23-2)24-11-10-16-7-9-18(26-3)20(28-5)19(16)27-4;/h6-9,12H,10-11,13H2,1-5H3,(H2,23,24,25);1H. The summed E-state index contributed by atoms with van der Waals surface area (Å²) < 4.78 is 29.6. The molecular formula is C21H29FIN3O3. The summed E-state index contributed by atoms with van der Waals surface area (Å²) in [6, 6.07) is 8.88. The number of nitrogens with one attached hydrogen (secondary N) is 2. The van der Waals surface area contributed by atoms with Gasteiger partial charge in [-0.2, -0.15) is 0 Å². The van der Waals surface area contributed by atoms with E-state index in [1.807, 2.05) is 18.2 Å². The number of methoxy groups -OCH3 is 3. The van der Waals surface area contributed by atoms with Gasteiger partial charge < -0.3 is 24.8 Å². The zero-order valence-electron chi connectivity index (χ0n) is 17.5. The molecule has 0 aliphatic carbocycles. The molecule has 0 amide bonds. The van der Waals surface area contributed by atoms with Gasteiger partial charge in [0.2, 0.25) is 5.75 Å². The van der Waals surface area contributed by atoms with Crippen LogP contribution < -0.4 is 24.8 Å². The maximum Gasteiger partial charge on any atom is 0.203 e. The van der Waals surface area contributed by atoms with E-state index in [4.69, 9.17) is 14.2 Å². The van der Waals surface area contributed by atoms with E-state index in [9.17, 15) is 4.39 Å². The first-order valence-corrected chi connectivity index (χ1v) is 9.01. The zero-order chi connectivity index (χ0) is 20.5. The molecule has 0 heterocycles. The lowest BCUT2D eigenvalue weighted by Gasteiger charge is -2.17. The predicted octanol–water partition coefficient (Wildman–Crippen LogP) is 3.69. The van der Waals surface area contributed by atoms with Crippen molar-refractivity contribution in [3.05, 3.63) is 52.8 Å². The normalized spacial score (nSPS) is 10.8. The van der Waals surface area contributed by atoms with Gasteiger partial charge in [-0.3, -0.25) is 4.99 Å². The lowest BCUT2D eigenvalue weighted by atomic mass is 10.1. The summed E-state index contributed by atoms with van der Waals surface area (Å²) in [5.74, 6) is 2.34. The fraction of sp³-hybridized carbons (Fsp3) is 0.381. The van der Waals surface area contributed by atoms with E-state index in [0.717, 1.165) is 11.1 Å². The third-order valence-corrected chi connectivity index (χ3v) is 4.38. The number of aryl methyl sites for hydroxylation is 1. The quantitative estimate of drug-likeness (QED) is 0.318. The maximum absolute atomic E-state index is 13.4. The highest BCUT2D eigenvalue weighted by Gasteiger charge is 2.15. The highest BCUT2D eigenvalue weighted by molar-refractivity contribution is 14.0. The molecule has 160 valence electrons. The number of aliphatic imine (C=N–C) groups is 1. The Morgan fingerprint density at radius 2 is 1.72 bits per heavy atom. The number of guanidine groups is 1. The molecule has 0 spiro atoms. The summed E-state index contributed by atoms with van der Waals surface area (Å²) in [5.41, 5.74) is 2.61. The van der Waals surface area contributed by atoms with Crippen molar-refractivity contribution in [1.82, 2.24) is 10.6 Å². The summed E-state index contributed by atoms with van der Waals surface area (Å²) in [6.45, 7) is 2.96. The van der Waals surface area contributed by atoms with Gasteiger partial charge >= 0.3 is 0 Å². The van der Waals surface area contributed by atoms with Crippen LogP contribution in [0.5, 0.6) is 17.2 Å². The van der Waals surface area contributed by atoms with Crippen LogP contribution in [0, 0.1) is 12.7 Å².